The van der Waals surface area contributed by atoms with Crippen LogP contribution in [0, 0.1) is 0 Å². The van der Waals surface area contributed by atoms with Crippen LogP contribution in [0.1, 0.15) is 99.3 Å². The maximum atomic E-state index is 14.1. The number of anilines is 4. The summed E-state index contributed by atoms with van der Waals surface area (Å²) in [5.74, 6) is 0.174. The van der Waals surface area contributed by atoms with Gasteiger partial charge >= 0.3 is 6.03 Å². The lowest BCUT2D eigenvalue weighted by Gasteiger charge is -2.26. The zero-order valence-corrected chi connectivity index (χ0v) is 48.7. The minimum Gasteiger partial charge on any atom is -0.377 e. The lowest BCUT2D eigenvalue weighted by atomic mass is 10.0. The number of carbonyl (C=O) groups excluding carboxylic acids is 7. The summed E-state index contributed by atoms with van der Waals surface area (Å²) in [5, 5.41) is 12.0. The third kappa shape index (κ3) is 20.2. The molecule has 0 aromatic heterocycles. The molecule has 9 aliphatic heterocycles. The molecule has 21 heteroatoms. The Labute approximate surface area is 492 Å². The van der Waals surface area contributed by atoms with Crippen LogP contribution in [0.3, 0.4) is 0 Å². The van der Waals surface area contributed by atoms with Crippen LogP contribution >= 0.6 is 11.8 Å². The normalized spacial score (nSPS) is 17.7. The van der Waals surface area contributed by atoms with Crippen LogP contribution in [0.5, 0.6) is 0 Å². The van der Waals surface area contributed by atoms with Gasteiger partial charge in [-0.2, -0.15) is 11.8 Å². The van der Waals surface area contributed by atoms with Gasteiger partial charge in [-0.25, -0.2) is 4.79 Å². The number of urea groups is 1. The van der Waals surface area contributed by atoms with Crippen LogP contribution in [0.2, 0.25) is 0 Å². The number of benzene rings is 4. The third-order valence-electron chi connectivity index (χ3n) is 15.0. The summed E-state index contributed by atoms with van der Waals surface area (Å²) in [5.41, 5.74) is 24.7. The molecule has 448 valence electrons. The monoisotopic (exact) mass is 1160 g/mol. The molecule has 3 unspecified atom stereocenters. The summed E-state index contributed by atoms with van der Waals surface area (Å²) < 4.78 is 11.2. The van der Waals surface area contributed by atoms with E-state index in [-0.39, 0.29) is 118 Å². The number of hydrogen-bond acceptors (Lipinski definition) is 13. The Bertz CT molecular complexity index is 2720. The average Bonchev–Trinajstić information content (AvgIpc) is 4.32. The quantitative estimate of drug-likeness (QED) is 0.0408. The van der Waals surface area contributed by atoms with E-state index < -0.39 is 0 Å². The maximum Gasteiger partial charge on any atom is 0.315 e. The minimum absolute atomic E-state index is 0.0127. The van der Waals surface area contributed by atoms with Crippen molar-refractivity contribution in [1.82, 2.24) is 21.3 Å². The van der Waals surface area contributed by atoms with Crippen molar-refractivity contribution in [3.8, 4) is 0 Å². The van der Waals surface area contributed by atoms with E-state index in [0.717, 1.165) is 57.9 Å². The van der Waals surface area contributed by atoms with Gasteiger partial charge in [0.25, 0.3) is 0 Å². The second-order valence-corrected chi connectivity index (χ2v) is 22.4. The molecule has 8 amide bonds. The van der Waals surface area contributed by atoms with Crippen molar-refractivity contribution < 1.29 is 43.0 Å². The Morgan fingerprint density at radius 1 is 0.482 bits per heavy atom. The summed E-state index contributed by atoms with van der Waals surface area (Å²) in [4.78, 5) is 98.4. The molecule has 0 saturated carbocycles. The molecule has 20 nitrogen and oxygen atoms in total. The van der Waals surface area contributed by atoms with E-state index in [9.17, 15) is 33.6 Å². The third-order valence-corrected chi connectivity index (χ3v) is 16.5. The Kier molecular flexibility index (Phi) is 26.1. The molecule has 4 aromatic rings. The SMILES string of the molecule is NCCC(=O)N1CCCCN(C(=O)CCN)c2ccc(cc2)Cc2ccc(cc2)N(C(=O)CCC(=O)NCCOCCOCCNC(=O)CCCC2SCC3NC(=O)NC32)CCCCN(C(=O)CCN)c2ccc(cc2)Cc2ccc1cc2. The first-order valence-corrected chi connectivity index (χ1v) is 30.5. The minimum atomic E-state index is -0.272. The van der Waals surface area contributed by atoms with E-state index in [2.05, 4.69) is 21.3 Å². The Balaban J connectivity index is 0.928. The molecule has 9 heterocycles. The van der Waals surface area contributed by atoms with Gasteiger partial charge in [0, 0.05) is 131 Å². The lowest BCUT2D eigenvalue weighted by molar-refractivity contribution is -0.125. The number of nitrogens with zero attached hydrogens (tertiary/aromatic N) is 4. The van der Waals surface area contributed by atoms with Crippen molar-refractivity contribution in [3.63, 3.8) is 0 Å². The first kappa shape index (κ1) is 63.7. The number of rotatable bonds is 22. The summed E-state index contributed by atoms with van der Waals surface area (Å²) in [6, 6.07) is 31.8. The fraction of sp³-hybridized carbons (Fsp3) is 0.500. The van der Waals surface area contributed by atoms with Crippen LogP contribution < -0.4 is 58.1 Å². The highest BCUT2D eigenvalue weighted by atomic mass is 32.2. The lowest BCUT2D eigenvalue weighted by Crippen LogP contribution is -2.37. The van der Waals surface area contributed by atoms with E-state index >= 15 is 0 Å². The Morgan fingerprint density at radius 3 is 1.22 bits per heavy atom. The second-order valence-electron chi connectivity index (χ2n) is 21.2. The molecule has 8 bridgehead atoms. The molecule has 4 aromatic carbocycles. The first-order valence-electron chi connectivity index (χ1n) is 29.5. The number of nitrogens with one attached hydrogen (secondary N) is 4. The van der Waals surface area contributed by atoms with Crippen LogP contribution in [-0.4, -0.2) is 150 Å². The molecule has 0 spiro atoms. The van der Waals surface area contributed by atoms with E-state index in [1.807, 2.05) is 109 Å². The Morgan fingerprint density at radius 2 is 0.843 bits per heavy atom. The predicted molar refractivity (Wildman–Crippen MR) is 327 cm³/mol. The molecule has 3 atom stereocenters. The molecule has 10 N–H and O–H groups in total. The molecule has 0 radical (unpaired) electrons. The standard InChI is InChI=1S/C62H85N11O9S/c63-29-26-58(77)71-35-2-1-34-70(57(76)25-24-56(75)67-33-39-82-41-40-81-38-32-66-55(74)7-5-6-54-61-53(44-83-54)68-62(80)69-61)49-16-8-45(9-17-49)42-46-10-20-51(21-11-46)72(59(78)27-30-64)36-3-4-37-73(60(79)28-31-65)52-22-14-48(15-23-52)43-47-12-18-50(71)19-13-47/h8-23,53-54,61H,1-7,24-44,63-65H2,(H,66,74)(H,67,75)(H2,68,69,80). The molecule has 9 aliphatic rings. The first-order chi connectivity index (χ1) is 40.4. The summed E-state index contributed by atoms with van der Waals surface area (Å²) >= 11 is 1.84. The van der Waals surface area contributed by atoms with Gasteiger partial charge in [-0.05, 0) is 122 Å². The van der Waals surface area contributed by atoms with Gasteiger partial charge < -0.3 is 67.5 Å². The van der Waals surface area contributed by atoms with Crippen molar-refractivity contribution >= 4 is 76.0 Å². The van der Waals surface area contributed by atoms with Gasteiger partial charge in [-0.1, -0.05) is 48.5 Å². The average molecular weight is 1160 g/mol. The molecule has 13 rings (SSSR count). The van der Waals surface area contributed by atoms with Crippen molar-refractivity contribution in [2.75, 3.05) is 111 Å². The molecular formula is C62H85N11O9S. The number of ether oxygens (including phenoxy) is 2. The Hall–Kier alpha value is -6.88. The van der Waals surface area contributed by atoms with Gasteiger partial charge in [0.1, 0.15) is 0 Å². The second kappa shape index (κ2) is 34.0. The van der Waals surface area contributed by atoms with Crippen LogP contribution in [0.4, 0.5) is 27.5 Å². The van der Waals surface area contributed by atoms with Crippen molar-refractivity contribution in [2.45, 2.75) is 107 Å². The highest BCUT2D eigenvalue weighted by molar-refractivity contribution is 8.00. The van der Waals surface area contributed by atoms with Crippen LogP contribution in [0.25, 0.3) is 0 Å². The molecule has 2 fully saturated rings. The summed E-state index contributed by atoms with van der Waals surface area (Å²) in [7, 11) is 0. The number of fused-ring (bicyclic) bond motifs is 1. The van der Waals surface area contributed by atoms with E-state index in [0.29, 0.717) is 108 Å². The van der Waals surface area contributed by atoms with Crippen LogP contribution in [0.15, 0.2) is 97.1 Å². The predicted octanol–water partition coefficient (Wildman–Crippen LogP) is 4.90. The number of carbonyl (C=O) groups is 7. The highest BCUT2D eigenvalue weighted by Gasteiger charge is 2.42. The van der Waals surface area contributed by atoms with Gasteiger partial charge in [-0.3, -0.25) is 28.8 Å². The molecule has 0 aliphatic carbocycles. The number of hydrogen-bond donors (Lipinski definition) is 7. The number of thioether (sulfide) groups is 1. The van der Waals surface area contributed by atoms with Gasteiger partial charge in [0.2, 0.25) is 35.4 Å². The van der Waals surface area contributed by atoms with Crippen molar-refractivity contribution in [3.05, 3.63) is 119 Å². The highest BCUT2D eigenvalue weighted by Crippen LogP contribution is 2.33. The fourth-order valence-corrected chi connectivity index (χ4v) is 12.1. The zero-order valence-electron chi connectivity index (χ0n) is 47.9. The van der Waals surface area contributed by atoms with Crippen molar-refractivity contribution in [1.29, 1.82) is 0 Å². The molecule has 2 saturated heterocycles. The molecule has 83 heavy (non-hydrogen) atoms. The van der Waals surface area contributed by atoms with E-state index in [1.165, 1.54) is 0 Å². The van der Waals surface area contributed by atoms with Gasteiger partial charge in [0.15, 0.2) is 0 Å². The fourth-order valence-electron chi connectivity index (χ4n) is 10.6. The number of nitrogens with two attached hydrogens (primary N) is 3. The summed E-state index contributed by atoms with van der Waals surface area (Å²) in [6.07, 6.45) is 6.33. The topological polar surface area (TPSA) is 277 Å². The maximum absolute atomic E-state index is 14.1. The zero-order chi connectivity index (χ0) is 58.8. The largest absolute Gasteiger partial charge is 0.377 e. The van der Waals surface area contributed by atoms with Crippen LogP contribution in [-0.2, 0) is 51.1 Å². The van der Waals surface area contributed by atoms with Gasteiger partial charge in [0.05, 0.1) is 38.5 Å². The van der Waals surface area contributed by atoms with Crippen molar-refractivity contribution in [2.24, 2.45) is 17.2 Å². The van der Waals surface area contributed by atoms with E-state index in [4.69, 9.17) is 26.7 Å². The smallest absolute Gasteiger partial charge is 0.315 e. The van der Waals surface area contributed by atoms with E-state index in [1.54, 1.807) is 19.6 Å². The summed E-state index contributed by atoms with van der Waals surface area (Å²) in [6.45, 7) is 4.28. The van der Waals surface area contributed by atoms with Gasteiger partial charge in [-0.15, -0.1) is 0 Å². The number of amides is 8. The molecular weight excluding hydrogens is 1070 g/mol.